The summed E-state index contributed by atoms with van der Waals surface area (Å²) < 4.78 is 51.8. The van der Waals surface area contributed by atoms with Gasteiger partial charge in [-0.15, -0.1) is 0 Å². The van der Waals surface area contributed by atoms with Gasteiger partial charge in [0.1, 0.15) is 19.0 Å². The Bertz CT molecular complexity index is 1050. The maximum absolute atomic E-state index is 13.2. The smallest absolute Gasteiger partial charge is 0.243 e. The average molecular weight is 449 g/mol. The van der Waals surface area contributed by atoms with Gasteiger partial charge in [0.05, 0.1) is 4.90 Å². The van der Waals surface area contributed by atoms with Crippen molar-refractivity contribution in [2.24, 2.45) is 5.92 Å². The fourth-order valence-electron chi connectivity index (χ4n) is 3.98. The number of anilines is 1. The SMILES string of the molecule is CCN(C(=O)C1CCN(S(=O)(=O)c2ccc3c(c2)OCCO3)CC1)c1ccc(F)cc1. The van der Waals surface area contributed by atoms with Gasteiger partial charge in [0.2, 0.25) is 15.9 Å². The highest BCUT2D eigenvalue weighted by molar-refractivity contribution is 7.89. The van der Waals surface area contributed by atoms with Crippen LogP contribution in [0.5, 0.6) is 11.5 Å². The second-order valence-electron chi connectivity index (χ2n) is 7.54. The van der Waals surface area contributed by atoms with E-state index in [4.69, 9.17) is 9.47 Å². The zero-order chi connectivity index (χ0) is 22.0. The Morgan fingerprint density at radius 2 is 1.71 bits per heavy atom. The molecule has 0 aromatic heterocycles. The molecule has 4 rings (SSSR count). The normalized spacial score (nSPS) is 17.4. The summed E-state index contributed by atoms with van der Waals surface area (Å²) >= 11 is 0. The first-order valence-electron chi connectivity index (χ1n) is 10.4. The molecule has 2 aliphatic rings. The summed E-state index contributed by atoms with van der Waals surface area (Å²) in [7, 11) is -3.70. The minimum absolute atomic E-state index is 0.0644. The predicted molar refractivity (Wildman–Crippen MR) is 113 cm³/mol. The minimum Gasteiger partial charge on any atom is -0.486 e. The van der Waals surface area contributed by atoms with E-state index in [-0.39, 0.29) is 35.6 Å². The van der Waals surface area contributed by atoms with E-state index >= 15 is 0 Å². The van der Waals surface area contributed by atoms with Crippen molar-refractivity contribution < 1.29 is 27.1 Å². The van der Waals surface area contributed by atoms with E-state index in [0.717, 1.165) is 0 Å². The third-order valence-corrected chi connectivity index (χ3v) is 7.57. The topological polar surface area (TPSA) is 76.2 Å². The molecule has 0 radical (unpaired) electrons. The lowest BCUT2D eigenvalue weighted by Crippen LogP contribution is -2.44. The lowest BCUT2D eigenvalue weighted by molar-refractivity contribution is -0.123. The third-order valence-electron chi connectivity index (χ3n) is 5.68. The highest BCUT2D eigenvalue weighted by Crippen LogP contribution is 2.34. The van der Waals surface area contributed by atoms with Gasteiger partial charge in [-0.25, -0.2) is 12.8 Å². The molecule has 0 saturated carbocycles. The molecule has 0 atom stereocenters. The number of carbonyl (C=O) groups excluding carboxylic acids is 1. The third kappa shape index (κ3) is 4.38. The Morgan fingerprint density at radius 3 is 2.35 bits per heavy atom. The molecular formula is C22H25FN2O5S. The first-order valence-corrected chi connectivity index (χ1v) is 11.8. The molecule has 2 heterocycles. The number of carbonyl (C=O) groups is 1. The molecule has 7 nitrogen and oxygen atoms in total. The van der Waals surface area contributed by atoms with Gasteiger partial charge >= 0.3 is 0 Å². The highest BCUT2D eigenvalue weighted by Gasteiger charge is 2.34. The molecular weight excluding hydrogens is 423 g/mol. The average Bonchev–Trinajstić information content (AvgIpc) is 2.80. The summed E-state index contributed by atoms with van der Waals surface area (Å²) in [6.45, 7) is 3.66. The molecule has 1 amide bonds. The number of hydrogen-bond acceptors (Lipinski definition) is 5. The Kier molecular flexibility index (Phi) is 6.15. The summed E-state index contributed by atoms with van der Waals surface area (Å²) in [6.07, 6.45) is 0.862. The van der Waals surface area contributed by atoms with Crippen LogP contribution in [0.1, 0.15) is 19.8 Å². The van der Waals surface area contributed by atoms with Gasteiger partial charge in [-0.1, -0.05) is 0 Å². The monoisotopic (exact) mass is 448 g/mol. The molecule has 1 saturated heterocycles. The van der Waals surface area contributed by atoms with Crippen LogP contribution in [-0.4, -0.2) is 51.5 Å². The minimum atomic E-state index is -3.70. The van der Waals surface area contributed by atoms with Crippen LogP contribution in [-0.2, 0) is 14.8 Å². The summed E-state index contributed by atoms with van der Waals surface area (Å²) in [5.41, 5.74) is 0.639. The van der Waals surface area contributed by atoms with Crippen LogP contribution in [0.25, 0.3) is 0 Å². The first-order chi connectivity index (χ1) is 14.9. The van der Waals surface area contributed by atoms with Gasteiger partial charge < -0.3 is 14.4 Å². The molecule has 1 fully saturated rings. The standard InChI is InChI=1S/C22H25FN2O5S/c1-2-25(18-5-3-17(23)4-6-18)22(26)16-9-11-24(12-10-16)31(27,28)19-7-8-20-21(15-19)30-14-13-29-20/h3-8,15-16H,2,9-14H2,1H3. The van der Waals surface area contributed by atoms with Gasteiger partial charge in [-0.3, -0.25) is 4.79 Å². The van der Waals surface area contributed by atoms with Crippen molar-refractivity contribution in [1.29, 1.82) is 0 Å². The number of fused-ring (bicyclic) bond motifs is 1. The van der Waals surface area contributed by atoms with Gasteiger partial charge in [0.15, 0.2) is 11.5 Å². The summed E-state index contributed by atoms with van der Waals surface area (Å²) in [4.78, 5) is 14.8. The second kappa shape index (κ2) is 8.84. The van der Waals surface area contributed by atoms with Gasteiger partial charge in [0, 0.05) is 37.3 Å². The molecule has 9 heteroatoms. The first kappa shape index (κ1) is 21.6. The van der Waals surface area contributed by atoms with E-state index < -0.39 is 10.0 Å². The highest BCUT2D eigenvalue weighted by atomic mass is 32.2. The van der Waals surface area contributed by atoms with E-state index in [1.807, 2.05) is 6.92 Å². The van der Waals surface area contributed by atoms with Gasteiger partial charge in [-0.2, -0.15) is 4.31 Å². The Hall–Kier alpha value is -2.65. The zero-order valence-corrected chi connectivity index (χ0v) is 18.1. The number of benzene rings is 2. The van der Waals surface area contributed by atoms with Crippen molar-refractivity contribution in [3.8, 4) is 11.5 Å². The Balaban J connectivity index is 1.44. The van der Waals surface area contributed by atoms with Crippen molar-refractivity contribution in [2.75, 3.05) is 37.7 Å². The summed E-state index contributed by atoms with van der Waals surface area (Å²) in [6, 6.07) is 10.4. The van der Waals surface area contributed by atoms with Crippen LogP contribution < -0.4 is 14.4 Å². The van der Waals surface area contributed by atoms with E-state index in [2.05, 4.69) is 0 Å². The molecule has 2 aromatic rings. The second-order valence-corrected chi connectivity index (χ2v) is 9.48. The number of rotatable bonds is 5. The van der Waals surface area contributed by atoms with Crippen molar-refractivity contribution >= 4 is 21.6 Å². The van der Waals surface area contributed by atoms with E-state index in [1.54, 1.807) is 23.1 Å². The summed E-state index contributed by atoms with van der Waals surface area (Å²) in [5, 5.41) is 0. The van der Waals surface area contributed by atoms with Crippen molar-refractivity contribution in [1.82, 2.24) is 4.31 Å². The summed E-state index contributed by atoms with van der Waals surface area (Å²) in [5.74, 6) is 0.261. The largest absolute Gasteiger partial charge is 0.486 e. The zero-order valence-electron chi connectivity index (χ0n) is 17.3. The number of hydrogen-bond donors (Lipinski definition) is 0. The molecule has 2 aliphatic heterocycles. The van der Waals surface area contributed by atoms with Crippen LogP contribution in [0.15, 0.2) is 47.4 Å². The Labute approximate surface area is 181 Å². The van der Waals surface area contributed by atoms with E-state index in [1.165, 1.54) is 28.6 Å². The molecule has 0 bridgehead atoms. The van der Waals surface area contributed by atoms with Crippen LogP contribution >= 0.6 is 0 Å². The lowest BCUT2D eigenvalue weighted by atomic mass is 9.96. The predicted octanol–water partition coefficient (Wildman–Crippen LogP) is 3.05. The van der Waals surface area contributed by atoms with Crippen LogP contribution in [0.4, 0.5) is 10.1 Å². The molecule has 166 valence electrons. The maximum atomic E-state index is 13.2. The van der Waals surface area contributed by atoms with Crippen LogP contribution in [0.2, 0.25) is 0 Å². The molecule has 2 aromatic carbocycles. The number of sulfonamides is 1. The number of ether oxygens (including phenoxy) is 2. The van der Waals surface area contributed by atoms with Crippen molar-refractivity contribution in [3.63, 3.8) is 0 Å². The molecule has 0 unspecified atom stereocenters. The molecule has 0 N–H and O–H groups in total. The van der Waals surface area contributed by atoms with Crippen molar-refractivity contribution in [3.05, 3.63) is 48.3 Å². The fourth-order valence-corrected chi connectivity index (χ4v) is 5.47. The molecule has 31 heavy (non-hydrogen) atoms. The lowest BCUT2D eigenvalue weighted by Gasteiger charge is -2.33. The Morgan fingerprint density at radius 1 is 1.06 bits per heavy atom. The quantitative estimate of drug-likeness (QED) is 0.703. The van der Waals surface area contributed by atoms with Gasteiger partial charge in [0.25, 0.3) is 0 Å². The maximum Gasteiger partial charge on any atom is 0.243 e. The van der Waals surface area contributed by atoms with Crippen LogP contribution in [0, 0.1) is 11.7 Å². The number of halogens is 1. The molecule has 0 spiro atoms. The fraction of sp³-hybridized carbons (Fsp3) is 0.409. The van der Waals surface area contributed by atoms with Gasteiger partial charge in [-0.05, 0) is 56.2 Å². The van der Waals surface area contributed by atoms with Crippen LogP contribution in [0.3, 0.4) is 0 Å². The van der Waals surface area contributed by atoms with E-state index in [9.17, 15) is 17.6 Å². The number of amides is 1. The van der Waals surface area contributed by atoms with Crippen molar-refractivity contribution in [2.45, 2.75) is 24.7 Å². The molecule has 0 aliphatic carbocycles. The number of piperidine rings is 1. The van der Waals surface area contributed by atoms with E-state index in [0.29, 0.717) is 49.8 Å². The number of nitrogens with zero attached hydrogens (tertiary/aromatic N) is 2.